The second-order valence-electron chi connectivity index (χ2n) is 2.84. The molecule has 0 radical (unpaired) electrons. The van der Waals surface area contributed by atoms with Gasteiger partial charge in [0.05, 0.1) is 10.3 Å². The standard InChI is InChI=1S/C10H11Cl3O/c1-3-10(2,13)9(12)5-4-8(6-11)7-14/h3-7,9H,1H2,2H3/b5-4+,8-6-/t9-,10+/m0/s1. The SMILES string of the molecule is C=C[C@@](C)(Cl)[C@@H](Cl)/C=C/C(C=O)=C/Cl. The van der Waals surface area contributed by atoms with Crippen LogP contribution in [0, 0.1) is 0 Å². The van der Waals surface area contributed by atoms with Gasteiger partial charge in [-0.25, -0.2) is 0 Å². The maximum Gasteiger partial charge on any atom is 0.150 e. The maximum atomic E-state index is 10.4. The fourth-order valence-electron chi connectivity index (χ4n) is 0.598. The van der Waals surface area contributed by atoms with Crippen molar-refractivity contribution in [3.05, 3.63) is 35.9 Å². The molecule has 14 heavy (non-hydrogen) atoms. The van der Waals surface area contributed by atoms with Crippen molar-refractivity contribution in [3.63, 3.8) is 0 Å². The van der Waals surface area contributed by atoms with Crippen LogP contribution in [0.3, 0.4) is 0 Å². The van der Waals surface area contributed by atoms with Gasteiger partial charge in [-0.3, -0.25) is 4.79 Å². The van der Waals surface area contributed by atoms with Crippen molar-refractivity contribution < 1.29 is 4.79 Å². The third-order valence-corrected chi connectivity index (χ3v) is 3.01. The van der Waals surface area contributed by atoms with Crippen molar-refractivity contribution in [1.82, 2.24) is 0 Å². The van der Waals surface area contributed by atoms with Gasteiger partial charge in [-0.2, -0.15) is 0 Å². The molecule has 0 unspecified atom stereocenters. The van der Waals surface area contributed by atoms with Crippen molar-refractivity contribution in [2.24, 2.45) is 0 Å². The predicted molar refractivity (Wildman–Crippen MR) is 63.2 cm³/mol. The zero-order valence-electron chi connectivity index (χ0n) is 7.71. The zero-order valence-corrected chi connectivity index (χ0v) is 9.98. The van der Waals surface area contributed by atoms with Gasteiger partial charge in [0.15, 0.2) is 6.29 Å². The lowest BCUT2D eigenvalue weighted by Crippen LogP contribution is -2.24. The van der Waals surface area contributed by atoms with E-state index < -0.39 is 10.3 Å². The molecule has 0 aromatic rings. The van der Waals surface area contributed by atoms with E-state index in [-0.39, 0.29) is 0 Å². The highest BCUT2D eigenvalue weighted by molar-refractivity contribution is 6.34. The number of hydrogen-bond acceptors (Lipinski definition) is 1. The highest BCUT2D eigenvalue weighted by Gasteiger charge is 2.24. The summed E-state index contributed by atoms with van der Waals surface area (Å²) in [4.78, 5) is 9.63. The lowest BCUT2D eigenvalue weighted by atomic mass is 10.1. The molecule has 0 N–H and O–H groups in total. The molecule has 0 spiro atoms. The van der Waals surface area contributed by atoms with Gasteiger partial charge < -0.3 is 0 Å². The summed E-state index contributed by atoms with van der Waals surface area (Å²) < 4.78 is 0. The van der Waals surface area contributed by atoms with Crippen LogP contribution >= 0.6 is 34.8 Å². The molecular weight excluding hydrogens is 242 g/mol. The predicted octanol–water partition coefficient (Wildman–Crippen LogP) is 3.66. The maximum absolute atomic E-state index is 10.4. The minimum Gasteiger partial charge on any atom is -0.298 e. The van der Waals surface area contributed by atoms with Crippen molar-refractivity contribution in [1.29, 1.82) is 0 Å². The summed E-state index contributed by atoms with van der Waals surface area (Å²) in [6.07, 6.45) is 5.29. The Morgan fingerprint density at radius 3 is 2.50 bits per heavy atom. The minimum atomic E-state index is -0.738. The van der Waals surface area contributed by atoms with E-state index in [0.29, 0.717) is 11.9 Å². The van der Waals surface area contributed by atoms with Crippen LogP contribution in [0.2, 0.25) is 0 Å². The number of allylic oxidation sites excluding steroid dienone is 4. The highest BCUT2D eigenvalue weighted by Crippen LogP contribution is 2.26. The summed E-state index contributed by atoms with van der Waals surface area (Å²) in [6.45, 7) is 5.29. The summed E-state index contributed by atoms with van der Waals surface area (Å²) in [5, 5.41) is -0.451. The van der Waals surface area contributed by atoms with Crippen LogP contribution in [0.1, 0.15) is 6.92 Å². The average molecular weight is 254 g/mol. The summed E-state index contributed by atoms with van der Waals surface area (Å²) in [7, 11) is 0. The van der Waals surface area contributed by atoms with E-state index in [9.17, 15) is 4.79 Å². The van der Waals surface area contributed by atoms with Crippen LogP contribution < -0.4 is 0 Å². The number of carbonyl (C=O) groups excluding carboxylic acids is 1. The molecule has 0 rings (SSSR count). The summed E-state index contributed by atoms with van der Waals surface area (Å²) in [6, 6.07) is 0. The van der Waals surface area contributed by atoms with E-state index >= 15 is 0 Å². The van der Waals surface area contributed by atoms with Crippen molar-refractivity contribution in [2.75, 3.05) is 0 Å². The molecule has 0 aromatic carbocycles. The smallest absolute Gasteiger partial charge is 0.150 e. The number of carbonyl (C=O) groups is 1. The van der Waals surface area contributed by atoms with Crippen LogP contribution in [0.5, 0.6) is 0 Å². The fraction of sp³-hybridized carbons (Fsp3) is 0.300. The molecular formula is C10H11Cl3O. The lowest BCUT2D eigenvalue weighted by molar-refractivity contribution is -0.104. The number of halogens is 3. The minimum absolute atomic E-state index is 0.342. The molecule has 0 amide bonds. The van der Waals surface area contributed by atoms with E-state index in [4.69, 9.17) is 34.8 Å². The van der Waals surface area contributed by atoms with Crippen LogP contribution in [-0.4, -0.2) is 16.5 Å². The Morgan fingerprint density at radius 1 is 1.57 bits per heavy atom. The number of alkyl halides is 2. The van der Waals surface area contributed by atoms with Crippen molar-refractivity contribution in [2.45, 2.75) is 17.2 Å². The zero-order chi connectivity index (χ0) is 11.2. The van der Waals surface area contributed by atoms with Gasteiger partial charge in [-0.1, -0.05) is 29.8 Å². The van der Waals surface area contributed by atoms with Gasteiger partial charge in [-0.15, -0.1) is 29.8 Å². The Hall–Kier alpha value is -0.240. The quantitative estimate of drug-likeness (QED) is 0.240. The van der Waals surface area contributed by atoms with Gasteiger partial charge in [0, 0.05) is 11.1 Å². The average Bonchev–Trinajstić information content (AvgIpc) is 2.19. The van der Waals surface area contributed by atoms with Gasteiger partial charge in [0.25, 0.3) is 0 Å². The summed E-state index contributed by atoms with van der Waals surface area (Å²) in [5.41, 5.74) is 1.51. The van der Waals surface area contributed by atoms with Gasteiger partial charge >= 0.3 is 0 Å². The Kier molecular flexibility index (Phi) is 6.17. The molecule has 0 saturated heterocycles. The van der Waals surface area contributed by atoms with Crippen LogP contribution in [0.4, 0.5) is 0 Å². The Balaban J connectivity index is 4.53. The molecule has 0 heterocycles. The van der Waals surface area contributed by atoms with Gasteiger partial charge in [0.1, 0.15) is 0 Å². The normalized spacial score (nSPS) is 19.0. The Labute approximate surface area is 99.0 Å². The highest BCUT2D eigenvalue weighted by atomic mass is 35.5. The van der Waals surface area contributed by atoms with Gasteiger partial charge in [-0.05, 0) is 6.92 Å². The van der Waals surface area contributed by atoms with E-state index in [0.717, 1.165) is 0 Å². The summed E-state index contributed by atoms with van der Waals surface area (Å²) >= 11 is 17.3. The molecule has 0 aliphatic rings. The molecule has 0 fully saturated rings. The number of rotatable bonds is 5. The lowest BCUT2D eigenvalue weighted by Gasteiger charge is -2.20. The van der Waals surface area contributed by atoms with Crippen LogP contribution in [-0.2, 0) is 4.79 Å². The third kappa shape index (κ3) is 4.32. The van der Waals surface area contributed by atoms with Crippen molar-refractivity contribution in [3.8, 4) is 0 Å². The van der Waals surface area contributed by atoms with Crippen LogP contribution in [0.15, 0.2) is 35.9 Å². The van der Waals surface area contributed by atoms with E-state index in [1.807, 2.05) is 0 Å². The molecule has 0 bridgehead atoms. The molecule has 0 saturated carbocycles. The van der Waals surface area contributed by atoms with E-state index in [1.54, 1.807) is 19.1 Å². The first kappa shape index (κ1) is 13.8. The molecule has 4 heteroatoms. The third-order valence-electron chi connectivity index (χ3n) is 1.66. The molecule has 0 aliphatic heterocycles. The summed E-state index contributed by atoms with van der Waals surface area (Å²) in [5.74, 6) is 0. The molecule has 2 atom stereocenters. The molecule has 0 aliphatic carbocycles. The Morgan fingerprint density at radius 2 is 2.14 bits per heavy atom. The molecule has 78 valence electrons. The van der Waals surface area contributed by atoms with Gasteiger partial charge in [0.2, 0.25) is 0 Å². The second kappa shape index (κ2) is 6.28. The second-order valence-corrected chi connectivity index (χ2v) is 4.35. The number of aldehydes is 1. The molecule has 0 aromatic heterocycles. The monoisotopic (exact) mass is 252 g/mol. The van der Waals surface area contributed by atoms with Crippen molar-refractivity contribution >= 4 is 41.1 Å². The number of hydrogen-bond donors (Lipinski definition) is 0. The van der Waals surface area contributed by atoms with E-state index in [2.05, 4.69) is 6.58 Å². The van der Waals surface area contributed by atoms with Crippen LogP contribution in [0.25, 0.3) is 0 Å². The first-order valence-electron chi connectivity index (χ1n) is 3.88. The molecule has 1 nitrogen and oxygen atoms in total. The topological polar surface area (TPSA) is 17.1 Å². The van der Waals surface area contributed by atoms with E-state index in [1.165, 1.54) is 11.6 Å². The first-order chi connectivity index (χ1) is 6.47. The fourth-order valence-corrected chi connectivity index (χ4v) is 0.956. The Bertz CT molecular complexity index is 267. The first-order valence-corrected chi connectivity index (χ1v) is 5.13. The largest absolute Gasteiger partial charge is 0.298 e.